The van der Waals surface area contributed by atoms with Gasteiger partial charge in [-0.25, -0.2) is 4.79 Å². The quantitative estimate of drug-likeness (QED) is 0.157. The third-order valence-electron chi connectivity index (χ3n) is 6.52. The van der Waals surface area contributed by atoms with Crippen LogP contribution in [0.3, 0.4) is 0 Å². The van der Waals surface area contributed by atoms with Crippen LogP contribution in [0.2, 0.25) is 18.1 Å². The zero-order chi connectivity index (χ0) is 24.1. The number of carbonyl (C=O) groups is 1. The number of rotatable bonds is 7. The van der Waals surface area contributed by atoms with Crippen LogP contribution in [-0.4, -0.2) is 20.7 Å². The molecule has 3 aromatic rings. The molecule has 2 nitrogen and oxygen atoms in total. The van der Waals surface area contributed by atoms with E-state index in [1.54, 1.807) is 0 Å². The summed E-state index contributed by atoms with van der Waals surface area (Å²) in [6.45, 7) is 13.7. The normalized spacial score (nSPS) is 12.9. The summed E-state index contributed by atoms with van der Waals surface area (Å²) in [5, 5.41) is 4.48. The van der Waals surface area contributed by atoms with Crippen LogP contribution >= 0.6 is 7.92 Å². The van der Waals surface area contributed by atoms with Gasteiger partial charge in [-0.15, -0.1) is 0 Å². The smallest absolute Gasteiger partial charge is 0.330 e. The van der Waals surface area contributed by atoms with Crippen LogP contribution in [0.15, 0.2) is 96.2 Å². The lowest BCUT2D eigenvalue weighted by atomic mass is 10.2. The van der Waals surface area contributed by atoms with E-state index in [2.05, 4.69) is 107 Å². The Morgan fingerprint density at radius 2 is 1.21 bits per heavy atom. The Bertz CT molecular complexity index is 1050. The molecule has 4 heteroatoms. The molecule has 0 bridgehead atoms. The highest BCUT2D eigenvalue weighted by Crippen LogP contribution is 2.55. The molecule has 3 rings (SSSR count). The molecule has 172 valence electrons. The van der Waals surface area contributed by atoms with Gasteiger partial charge in [0.2, 0.25) is 0 Å². The monoisotopic (exact) mass is 474 g/mol. The summed E-state index contributed by atoms with van der Waals surface area (Å²) in [4.78, 5) is 13.8. The Balaban J connectivity index is 2.49. The molecule has 0 aliphatic heterocycles. The van der Waals surface area contributed by atoms with Crippen molar-refractivity contribution in [3.63, 3.8) is 0 Å². The lowest BCUT2D eigenvalue weighted by Crippen LogP contribution is -2.44. The molecule has 0 heterocycles. The summed E-state index contributed by atoms with van der Waals surface area (Å²) in [5.41, 5.74) is 1.10. The van der Waals surface area contributed by atoms with Crippen LogP contribution in [-0.2, 0) is 9.53 Å². The van der Waals surface area contributed by atoms with Crippen LogP contribution in [0, 0.1) is 0 Å². The molecule has 33 heavy (non-hydrogen) atoms. The van der Waals surface area contributed by atoms with Crippen molar-refractivity contribution >= 4 is 37.9 Å². The maximum Gasteiger partial charge on any atom is 0.330 e. The average molecular weight is 475 g/mol. The lowest BCUT2D eigenvalue weighted by Gasteiger charge is -2.40. The third-order valence-corrected chi connectivity index (χ3v) is 14.7. The van der Waals surface area contributed by atoms with E-state index in [1.807, 2.05) is 25.1 Å². The van der Waals surface area contributed by atoms with Crippen molar-refractivity contribution in [1.29, 1.82) is 0 Å². The Morgan fingerprint density at radius 3 is 1.61 bits per heavy atom. The lowest BCUT2D eigenvalue weighted by molar-refractivity contribution is -0.137. The molecular formula is C29H35O2PSi. The van der Waals surface area contributed by atoms with Gasteiger partial charge in [-0.1, -0.05) is 125 Å². The van der Waals surface area contributed by atoms with Gasteiger partial charge in [0.15, 0.2) is 0 Å². The molecular weight excluding hydrogens is 439 g/mol. The number of hydrogen-bond acceptors (Lipinski definition) is 2. The molecule has 0 saturated carbocycles. The predicted molar refractivity (Wildman–Crippen MR) is 146 cm³/mol. The van der Waals surface area contributed by atoms with Gasteiger partial charge in [0.1, 0.15) is 0 Å². The van der Waals surface area contributed by atoms with E-state index in [4.69, 9.17) is 4.74 Å². The molecule has 3 aromatic carbocycles. The molecule has 0 atom stereocenters. The highest BCUT2D eigenvalue weighted by molar-refractivity contribution is 7.82. The number of carbonyl (C=O) groups excluding carboxylic acids is 1. The predicted octanol–water partition coefficient (Wildman–Crippen LogP) is 7.14. The van der Waals surface area contributed by atoms with E-state index in [1.165, 1.54) is 10.6 Å². The molecule has 0 aliphatic carbocycles. The first-order valence-electron chi connectivity index (χ1n) is 11.6. The number of hydrogen-bond donors (Lipinski definition) is 0. The van der Waals surface area contributed by atoms with Crippen molar-refractivity contribution in [2.24, 2.45) is 0 Å². The second-order valence-electron chi connectivity index (χ2n) is 9.69. The van der Waals surface area contributed by atoms with Crippen LogP contribution in [0.4, 0.5) is 0 Å². The molecule has 0 saturated heterocycles. The summed E-state index contributed by atoms with van der Waals surface area (Å²) >= 11 is 0. The van der Waals surface area contributed by atoms with Crippen molar-refractivity contribution in [2.75, 3.05) is 6.61 Å². The fourth-order valence-corrected chi connectivity index (χ4v) is 9.49. The van der Waals surface area contributed by atoms with Crippen LogP contribution in [0.25, 0.3) is 5.31 Å². The Kier molecular flexibility index (Phi) is 8.10. The first-order chi connectivity index (χ1) is 15.7. The third kappa shape index (κ3) is 5.54. The van der Waals surface area contributed by atoms with Crippen molar-refractivity contribution < 1.29 is 9.53 Å². The number of esters is 1. The van der Waals surface area contributed by atoms with E-state index >= 15 is 0 Å². The van der Waals surface area contributed by atoms with Gasteiger partial charge in [-0.05, 0) is 41.4 Å². The van der Waals surface area contributed by atoms with Crippen molar-refractivity contribution in [3.8, 4) is 0 Å². The highest BCUT2D eigenvalue weighted by Gasteiger charge is 2.45. The Labute approximate surface area is 201 Å². The molecule has 0 unspecified atom stereocenters. The van der Waals surface area contributed by atoms with Crippen LogP contribution in [0.1, 0.15) is 33.3 Å². The number of benzene rings is 3. The molecule has 0 radical (unpaired) electrons. The van der Waals surface area contributed by atoms with Gasteiger partial charge in [-0.2, -0.15) is 0 Å². The first-order valence-corrected chi connectivity index (χ1v) is 15.9. The molecule has 0 fully saturated rings. The first kappa shape index (κ1) is 25.1. The number of ether oxygens (including phenoxy) is 1. The highest BCUT2D eigenvalue weighted by atomic mass is 31.1. The summed E-state index contributed by atoms with van der Waals surface area (Å²) < 4.78 is 5.76. The summed E-state index contributed by atoms with van der Waals surface area (Å²) in [6, 6.07) is 31.7. The SMILES string of the molecule is CCOC(=O)/C(=C(\c1ccccc1)P(c1ccccc1)c1ccccc1)[Si](C)(C)C(C)(C)C. The minimum atomic E-state index is -2.29. The van der Waals surface area contributed by atoms with Crippen LogP contribution in [0.5, 0.6) is 0 Å². The molecule has 0 amide bonds. The fourth-order valence-electron chi connectivity index (χ4n) is 3.77. The maximum absolute atomic E-state index is 13.8. The van der Waals surface area contributed by atoms with E-state index in [0.717, 1.165) is 16.1 Å². The van der Waals surface area contributed by atoms with E-state index in [0.29, 0.717) is 6.61 Å². The fraction of sp³-hybridized carbons (Fsp3) is 0.276. The van der Waals surface area contributed by atoms with Crippen molar-refractivity contribution in [2.45, 2.75) is 45.8 Å². The topological polar surface area (TPSA) is 26.3 Å². The van der Waals surface area contributed by atoms with Crippen molar-refractivity contribution in [3.05, 3.63) is 102 Å². The second kappa shape index (κ2) is 10.6. The van der Waals surface area contributed by atoms with Gasteiger partial charge in [0.05, 0.1) is 14.7 Å². The van der Waals surface area contributed by atoms with Gasteiger partial charge in [0, 0.05) is 5.20 Å². The van der Waals surface area contributed by atoms with Gasteiger partial charge in [-0.3, -0.25) is 0 Å². The van der Waals surface area contributed by atoms with Crippen LogP contribution < -0.4 is 10.6 Å². The standard InChI is InChI=1S/C29H35O2PSi/c1-7-31-28(30)27(33(5,6)29(2,3)4)26(23-17-11-8-12-18-23)32(24-19-13-9-14-20-24)25-21-15-10-16-22-25/h8-22H,7H2,1-6H3/b27-26-. The molecule has 0 spiro atoms. The zero-order valence-corrected chi connectivity index (χ0v) is 22.5. The largest absolute Gasteiger partial charge is 0.463 e. The van der Waals surface area contributed by atoms with E-state index in [9.17, 15) is 4.79 Å². The van der Waals surface area contributed by atoms with E-state index < -0.39 is 16.0 Å². The molecule has 0 aromatic heterocycles. The van der Waals surface area contributed by atoms with Gasteiger partial charge in [0.25, 0.3) is 0 Å². The summed E-state index contributed by atoms with van der Waals surface area (Å²) in [5.74, 6) is -0.165. The molecule has 0 N–H and O–H groups in total. The Morgan fingerprint density at radius 1 is 0.788 bits per heavy atom. The Hall–Kier alpha value is -2.48. The maximum atomic E-state index is 13.8. The summed E-state index contributed by atoms with van der Waals surface area (Å²) in [6.07, 6.45) is 0. The van der Waals surface area contributed by atoms with Gasteiger partial charge < -0.3 is 4.74 Å². The second-order valence-corrected chi connectivity index (χ2v) is 17.1. The molecule has 0 aliphatic rings. The van der Waals surface area contributed by atoms with Crippen molar-refractivity contribution in [1.82, 2.24) is 0 Å². The zero-order valence-electron chi connectivity index (χ0n) is 20.6. The minimum absolute atomic E-state index is 0.0243. The van der Waals surface area contributed by atoms with Gasteiger partial charge >= 0.3 is 5.97 Å². The van der Waals surface area contributed by atoms with E-state index in [-0.39, 0.29) is 11.0 Å². The minimum Gasteiger partial charge on any atom is -0.463 e. The summed E-state index contributed by atoms with van der Waals surface area (Å²) in [7, 11) is -3.26. The average Bonchev–Trinajstić information content (AvgIpc) is 2.80.